The summed E-state index contributed by atoms with van der Waals surface area (Å²) in [5.41, 5.74) is 0. The second-order valence-corrected chi connectivity index (χ2v) is 4.76. The first-order valence-corrected chi connectivity index (χ1v) is 6.00. The minimum Gasteiger partial charge on any atom is -0.478 e. The van der Waals surface area contributed by atoms with Crippen LogP contribution in [-0.2, 0) is 14.3 Å². The van der Waals surface area contributed by atoms with Gasteiger partial charge in [0.15, 0.2) is 5.92 Å². The van der Waals surface area contributed by atoms with E-state index < -0.39 is 48.7 Å². The zero-order chi connectivity index (χ0) is 17.7. The predicted molar refractivity (Wildman–Crippen MR) is 61.7 cm³/mol. The largest absolute Gasteiger partial charge is 0.478 e. The molecular formula is C12H14F6O4. The minimum absolute atomic E-state index is 0.366. The molecule has 0 aromatic carbocycles. The Balaban J connectivity index is 5.11. The number of hydrogen-bond donors (Lipinski definition) is 1. The quantitative estimate of drug-likeness (QED) is 0.459. The fourth-order valence-electron chi connectivity index (χ4n) is 1.47. The Labute approximate surface area is 121 Å². The van der Waals surface area contributed by atoms with Crippen LogP contribution in [0.1, 0.15) is 20.3 Å². The molecular weight excluding hydrogens is 322 g/mol. The van der Waals surface area contributed by atoms with Crippen LogP contribution >= 0.6 is 0 Å². The molecule has 0 bridgehead atoms. The van der Waals surface area contributed by atoms with Crippen molar-refractivity contribution in [1.29, 1.82) is 0 Å². The molecule has 0 saturated heterocycles. The third kappa shape index (κ3) is 7.32. The summed E-state index contributed by atoms with van der Waals surface area (Å²) in [6.07, 6.45) is -13.4. The summed E-state index contributed by atoms with van der Waals surface area (Å²) in [6.45, 7) is 2.56. The molecule has 1 unspecified atom stereocenters. The zero-order valence-electron chi connectivity index (χ0n) is 11.5. The van der Waals surface area contributed by atoms with E-state index in [4.69, 9.17) is 5.11 Å². The van der Waals surface area contributed by atoms with Gasteiger partial charge in [-0.1, -0.05) is 13.8 Å². The van der Waals surface area contributed by atoms with Gasteiger partial charge in [0.2, 0.25) is 0 Å². The van der Waals surface area contributed by atoms with Gasteiger partial charge >= 0.3 is 24.3 Å². The number of carboxylic acid groups (broad SMARTS) is 1. The third-order valence-electron chi connectivity index (χ3n) is 2.63. The minimum atomic E-state index is -5.53. The normalized spacial score (nSPS) is 14.6. The Bertz CT molecular complexity index is 410. The molecule has 0 radical (unpaired) electrons. The van der Waals surface area contributed by atoms with Gasteiger partial charge in [-0.15, -0.1) is 0 Å². The lowest BCUT2D eigenvalue weighted by Crippen LogP contribution is -2.41. The number of carbonyl (C=O) groups excluding carboxylic acids is 1. The molecule has 0 aromatic rings. The number of alkyl halides is 6. The van der Waals surface area contributed by atoms with E-state index in [9.17, 15) is 35.9 Å². The van der Waals surface area contributed by atoms with Crippen LogP contribution in [0.2, 0.25) is 0 Å². The number of esters is 1. The van der Waals surface area contributed by atoms with E-state index in [-0.39, 0.29) is 0 Å². The van der Waals surface area contributed by atoms with Crippen molar-refractivity contribution in [2.24, 2.45) is 11.8 Å². The van der Waals surface area contributed by atoms with Crippen molar-refractivity contribution in [2.75, 3.05) is 0 Å². The number of ether oxygens (including phenoxy) is 1. The summed E-state index contributed by atoms with van der Waals surface area (Å²) in [4.78, 5) is 21.4. The van der Waals surface area contributed by atoms with Crippen molar-refractivity contribution >= 4 is 11.9 Å². The Hall–Kier alpha value is -1.74. The molecule has 0 aliphatic heterocycles. The Morgan fingerprint density at radius 2 is 1.50 bits per heavy atom. The molecule has 10 heteroatoms. The van der Waals surface area contributed by atoms with Crippen LogP contribution in [0.4, 0.5) is 26.3 Å². The second-order valence-electron chi connectivity index (χ2n) is 4.76. The van der Waals surface area contributed by atoms with E-state index in [1.807, 2.05) is 0 Å². The Kier molecular flexibility index (Phi) is 6.91. The Morgan fingerprint density at radius 3 is 1.82 bits per heavy atom. The molecule has 1 atom stereocenters. The maximum atomic E-state index is 12.5. The van der Waals surface area contributed by atoms with E-state index in [1.54, 1.807) is 0 Å². The van der Waals surface area contributed by atoms with Crippen molar-refractivity contribution in [3.05, 3.63) is 12.2 Å². The fraction of sp³-hybridized carbons (Fsp3) is 0.667. The number of rotatable bonds is 6. The summed E-state index contributed by atoms with van der Waals surface area (Å²) in [7, 11) is 0. The van der Waals surface area contributed by atoms with Gasteiger partial charge < -0.3 is 9.84 Å². The van der Waals surface area contributed by atoms with Gasteiger partial charge in [0.1, 0.15) is 6.10 Å². The van der Waals surface area contributed by atoms with Crippen molar-refractivity contribution in [1.82, 2.24) is 0 Å². The Morgan fingerprint density at radius 1 is 1.05 bits per heavy atom. The molecule has 22 heavy (non-hydrogen) atoms. The maximum absolute atomic E-state index is 12.5. The summed E-state index contributed by atoms with van der Waals surface area (Å²) in [6, 6.07) is 0. The van der Waals surface area contributed by atoms with Crippen LogP contribution in [0.15, 0.2) is 12.2 Å². The second kappa shape index (κ2) is 7.50. The SMILES string of the molecule is CC(C)C(CC(C(F)(F)F)C(F)(F)F)OC(=O)/C=C/C(=O)O. The van der Waals surface area contributed by atoms with E-state index in [0.717, 1.165) is 0 Å². The molecule has 0 heterocycles. The standard InChI is InChI=1S/C12H14F6O4/c1-6(2)7(22-10(21)4-3-9(19)20)5-8(11(13,14)15)12(16,17)18/h3-4,6-8H,5H2,1-2H3,(H,19,20)/b4-3+. The van der Waals surface area contributed by atoms with E-state index in [1.165, 1.54) is 13.8 Å². The van der Waals surface area contributed by atoms with Gasteiger partial charge in [0, 0.05) is 18.6 Å². The summed E-state index contributed by atoms with van der Waals surface area (Å²) < 4.78 is 79.4. The number of hydrogen-bond acceptors (Lipinski definition) is 3. The third-order valence-corrected chi connectivity index (χ3v) is 2.63. The first-order valence-electron chi connectivity index (χ1n) is 6.00. The van der Waals surface area contributed by atoms with Gasteiger partial charge in [0.05, 0.1) is 0 Å². The van der Waals surface area contributed by atoms with Crippen LogP contribution in [0.25, 0.3) is 0 Å². The number of carboxylic acids is 1. The molecule has 0 aromatic heterocycles. The highest BCUT2D eigenvalue weighted by atomic mass is 19.4. The molecule has 0 rings (SSSR count). The molecule has 4 nitrogen and oxygen atoms in total. The average Bonchev–Trinajstić information content (AvgIpc) is 2.27. The van der Waals surface area contributed by atoms with Crippen molar-refractivity contribution in [3.63, 3.8) is 0 Å². The molecule has 0 fully saturated rings. The average molecular weight is 336 g/mol. The first kappa shape index (κ1) is 20.3. The van der Waals surface area contributed by atoms with Crippen LogP contribution in [-0.4, -0.2) is 35.5 Å². The van der Waals surface area contributed by atoms with E-state index in [2.05, 4.69) is 4.74 Å². The van der Waals surface area contributed by atoms with Gasteiger partial charge in [-0.25, -0.2) is 9.59 Å². The van der Waals surface area contributed by atoms with Crippen LogP contribution < -0.4 is 0 Å². The highest BCUT2D eigenvalue weighted by molar-refractivity contribution is 5.90. The number of carbonyl (C=O) groups is 2. The van der Waals surface area contributed by atoms with Gasteiger partial charge in [-0.3, -0.25) is 0 Å². The van der Waals surface area contributed by atoms with Crippen LogP contribution in [0, 0.1) is 11.8 Å². The van der Waals surface area contributed by atoms with Gasteiger partial charge in [-0.05, 0) is 5.92 Å². The van der Waals surface area contributed by atoms with Crippen LogP contribution in [0.3, 0.4) is 0 Å². The van der Waals surface area contributed by atoms with E-state index >= 15 is 0 Å². The van der Waals surface area contributed by atoms with Crippen molar-refractivity contribution in [2.45, 2.75) is 38.7 Å². The summed E-state index contributed by atoms with van der Waals surface area (Å²) in [5, 5.41) is 8.27. The number of halogens is 6. The zero-order valence-corrected chi connectivity index (χ0v) is 11.5. The van der Waals surface area contributed by atoms with Crippen molar-refractivity contribution in [3.8, 4) is 0 Å². The monoisotopic (exact) mass is 336 g/mol. The predicted octanol–water partition coefficient (Wildman–Crippen LogP) is 3.33. The fourth-order valence-corrected chi connectivity index (χ4v) is 1.47. The maximum Gasteiger partial charge on any atom is 0.400 e. The van der Waals surface area contributed by atoms with Crippen molar-refractivity contribution < 1.29 is 45.8 Å². The smallest absolute Gasteiger partial charge is 0.400 e. The molecule has 128 valence electrons. The van der Waals surface area contributed by atoms with Gasteiger partial charge in [0.25, 0.3) is 0 Å². The molecule has 0 aliphatic rings. The van der Waals surface area contributed by atoms with Crippen LogP contribution in [0.5, 0.6) is 0 Å². The first-order chi connectivity index (χ1) is 9.75. The van der Waals surface area contributed by atoms with E-state index in [0.29, 0.717) is 12.2 Å². The molecule has 0 aliphatic carbocycles. The topological polar surface area (TPSA) is 63.6 Å². The molecule has 0 amide bonds. The number of aliphatic carboxylic acids is 1. The molecule has 1 N–H and O–H groups in total. The lowest BCUT2D eigenvalue weighted by molar-refractivity contribution is -0.291. The molecule has 0 saturated carbocycles. The summed E-state index contributed by atoms with van der Waals surface area (Å²) in [5.74, 6) is -7.30. The molecule has 0 spiro atoms. The lowest BCUT2D eigenvalue weighted by atomic mass is 9.93. The lowest BCUT2D eigenvalue weighted by Gasteiger charge is -2.28. The van der Waals surface area contributed by atoms with Gasteiger partial charge in [-0.2, -0.15) is 26.3 Å². The highest BCUT2D eigenvalue weighted by Gasteiger charge is 2.57. The summed E-state index contributed by atoms with van der Waals surface area (Å²) >= 11 is 0. The highest BCUT2D eigenvalue weighted by Crippen LogP contribution is 2.43.